The molecule has 1 heterocycles. The van der Waals surface area contributed by atoms with Gasteiger partial charge in [-0.2, -0.15) is 0 Å². The summed E-state index contributed by atoms with van der Waals surface area (Å²) < 4.78 is 32.9. The van der Waals surface area contributed by atoms with Crippen molar-refractivity contribution in [1.82, 2.24) is 14.9 Å². The molecular formula is C17H24N4O4S2. The Balaban J connectivity index is 2.16. The summed E-state index contributed by atoms with van der Waals surface area (Å²) in [5, 5.41) is 10.2. The summed E-state index contributed by atoms with van der Waals surface area (Å²) in [7, 11) is -2.30. The molecule has 148 valence electrons. The summed E-state index contributed by atoms with van der Waals surface area (Å²) in [4.78, 5) is 12.0. The zero-order valence-corrected chi connectivity index (χ0v) is 17.6. The maximum atomic E-state index is 12.7. The monoisotopic (exact) mass is 412 g/mol. The van der Waals surface area contributed by atoms with Gasteiger partial charge in [-0.3, -0.25) is 4.79 Å². The van der Waals surface area contributed by atoms with E-state index in [1.165, 1.54) is 0 Å². The molecule has 0 aliphatic carbocycles. The van der Waals surface area contributed by atoms with Crippen LogP contribution in [0.2, 0.25) is 0 Å². The third kappa shape index (κ3) is 5.47. The maximum Gasteiger partial charge on any atom is 0.270 e. The van der Waals surface area contributed by atoms with Crippen molar-refractivity contribution in [3.8, 4) is 5.75 Å². The van der Waals surface area contributed by atoms with Crippen LogP contribution in [0.15, 0.2) is 28.6 Å². The lowest BCUT2D eigenvalue weighted by molar-refractivity contribution is -0.123. The van der Waals surface area contributed by atoms with Gasteiger partial charge in [0.2, 0.25) is 15.4 Å². The second kappa shape index (κ2) is 8.32. The predicted octanol–water partition coefficient (Wildman–Crippen LogP) is 2.96. The first kappa shape index (κ1) is 21.3. The highest BCUT2D eigenvalue weighted by Gasteiger charge is 2.27. The molecule has 0 fully saturated rings. The Hall–Kier alpha value is -2.04. The van der Waals surface area contributed by atoms with Gasteiger partial charge < -0.3 is 10.1 Å². The SMILES string of the molecule is CCC(NS(=O)(=O)c1nnc(NC(=O)C(C)(C)C)s1)c1ccc(OC)cc1. The second-order valence-corrected chi connectivity index (χ2v) is 9.80. The molecule has 0 saturated carbocycles. The minimum atomic E-state index is -3.87. The number of benzene rings is 1. The van der Waals surface area contributed by atoms with Gasteiger partial charge in [0.15, 0.2) is 0 Å². The summed E-state index contributed by atoms with van der Waals surface area (Å²) >= 11 is 0.813. The largest absolute Gasteiger partial charge is 0.497 e. The normalized spacial score (nSPS) is 13.2. The van der Waals surface area contributed by atoms with Crippen LogP contribution in [0.4, 0.5) is 5.13 Å². The summed E-state index contributed by atoms with van der Waals surface area (Å²) in [6.45, 7) is 7.14. The number of hydrogen-bond acceptors (Lipinski definition) is 7. The van der Waals surface area contributed by atoms with Crippen LogP contribution in [0.5, 0.6) is 5.75 Å². The number of anilines is 1. The van der Waals surface area contributed by atoms with E-state index in [4.69, 9.17) is 4.74 Å². The fraction of sp³-hybridized carbons (Fsp3) is 0.471. The molecule has 1 unspecified atom stereocenters. The topological polar surface area (TPSA) is 110 Å². The third-order valence-corrected chi connectivity index (χ3v) is 6.44. The minimum Gasteiger partial charge on any atom is -0.497 e. The van der Waals surface area contributed by atoms with Gasteiger partial charge in [0.1, 0.15) is 5.75 Å². The number of carbonyl (C=O) groups is 1. The van der Waals surface area contributed by atoms with E-state index in [9.17, 15) is 13.2 Å². The molecule has 0 saturated heterocycles. The average molecular weight is 413 g/mol. The molecule has 0 bridgehead atoms. The Kier molecular flexibility index (Phi) is 6.55. The van der Waals surface area contributed by atoms with E-state index in [0.29, 0.717) is 12.2 Å². The van der Waals surface area contributed by atoms with Crippen LogP contribution in [0.25, 0.3) is 0 Å². The molecule has 0 aliphatic rings. The summed E-state index contributed by atoms with van der Waals surface area (Å²) in [5.41, 5.74) is 0.192. The number of nitrogens with one attached hydrogen (secondary N) is 2. The van der Waals surface area contributed by atoms with Crippen molar-refractivity contribution in [3.05, 3.63) is 29.8 Å². The van der Waals surface area contributed by atoms with Crippen LogP contribution in [0, 0.1) is 5.41 Å². The molecule has 2 N–H and O–H groups in total. The quantitative estimate of drug-likeness (QED) is 0.677. The van der Waals surface area contributed by atoms with Crippen molar-refractivity contribution in [3.63, 3.8) is 0 Å². The second-order valence-electron chi connectivity index (χ2n) is 6.93. The number of hydrogen-bond donors (Lipinski definition) is 2. The number of amides is 1. The Morgan fingerprint density at radius 1 is 1.22 bits per heavy atom. The number of ether oxygens (including phenoxy) is 1. The van der Waals surface area contributed by atoms with Gasteiger partial charge in [0, 0.05) is 11.5 Å². The predicted molar refractivity (Wildman–Crippen MR) is 104 cm³/mol. The molecule has 1 amide bonds. The third-order valence-electron chi connectivity index (χ3n) is 3.76. The van der Waals surface area contributed by atoms with Crippen LogP contribution < -0.4 is 14.8 Å². The first-order valence-corrected chi connectivity index (χ1v) is 10.7. The number of nitrogens with zero attached hydrogens (tertiary/aromatic N) is 2. The fourth-order valence-electron chi connectivity index (χ4n) is 2.11. The molecule has 0 spiro atoms. The van der Waals surface area contributed by atoms with Gasteiger partial charge in [-0.05, 0) is 24.1 Å². The molecule has 0 radical (unpaired) electrons. The lowest BCUT2D eigenvalue weighted by Gasteiger charge is -2.16. The Morgan fingerprint density at radius 3 is 2.37 bits per heavy atom. The first-order valence-electron chi connectivity index (χ1n) is 8.38. The molecule has 27 heavy (non-hydrogen) atoms. The minimum absolute atomic E-state index is 0.146. The van der Waals surface area contributed by atoms with E-state index in [2.05, 4.69) is 20.2 Å². The maximum absolute atomic E-state index is 12.7. The van der Waals surface area contributed by atoms with Crippen LogP contribution >= 0.6 is 11.3 Å². The van der Waals surface area contributed by atoms with Gasteiger partial charge in [0.05, 0.1) is 7.11 Å². The zero-order valence-electron chi connectivity index (χ0n) is 15.9. The summed E-state index contributed by atoms with van der Waals surface area (Å²) in [6, 6.07) is 6.75. The van der Waals surface area contributed by atoms with Crippen molar-refractivity contribution in [2.45, 2.75) is 44.5 Å². The van der Waals surface area contributed by atoms with Crippen molar-refractivity contribution in [2.24, 2.45) is 5.41 Å². The van der Waals surface area contributed by atoms with Crippen molar-refractivity contribution >= 4 is 32.4 Å². The van der Waals surface area contributed by atoms with Crippen LogP contribution in [0.1, 0.15) is 45.7 Å². The molecule has 1 atom stereocenters. The highest BCUT2D eigenvalue weighted by atomic mass is 32.2. The fourth-order valence-corrected chi connectivity index (χ4v) is 4.33. The van der Waals surface area contributed by atoms with Gasteiger partial charge in [0.25, 0.3) is 10.0 Å². The molecule has 0 aliphatic heterocycles. The number of sulfonamides is 1. The molecule has 2 aromatic rings. The number of aromatic nitrogens is 2. The molecule has 1 aromatic carbocycles. The molecule has 10 heteroatoms. The molecule has 8 nitrogen and oxygen atoms in total. The summed E-state index contributed by atoms with van der Waals surface area (Å²) in [6.07, 6.45) is 0.554. The van der Waals surface area contributed by atoms with Crippen molar-refractivity contribution in [2.75, 3.05) is 12.4 Å². The smallest absolute Gasteiger partial charge is 0.270 e. The van der Waals surface area contributed by atoms with Gasteiger partial charge >= 0.3 is 0 Å². The van der Waals surface area contributed by atoms with Crippen LogP contribution in [-0.4, -0.2) is 31.6 Å². The average Bonchev–Trinajstić information content (AvgIpc) is 3.08. The molecule has 1 aromatic heterocycles. The van der Waals surface area contributed by atoms with Gasteiger partial charge in [-0.15, -0.1) is 10.2 Å². The molecular weight excluding hydrogens is 388 g/mol. The zero-order chi connectivity index (χ0) is 20.2. The van der Waals surface area contributed by atoms with E-state index < -0.39 is 21.5 Å². The van der Waals surface area contributed by atoms with Crippen LogP contribution in [0.3, 0.4) is 0 Å². The van der Waals surface area contributed by atoms with Crippen molar-refractivity contribution < 1.29 is 17.9 Å². The van der Waals surface area contributed by atoms with Crippen molar-refractivity contribution in [1.29, 1.82) is 0 Å². The Bertz CT molecular complexity index is 886. The van der Waals surface area contributed by atoms with E-state index in [1.54, 1.807) is 40.0 Å². The lowest BCUT2D eigenvalue weighted by Crippen LogP contribution is -2.28. The highest BCUT2D eigenvalue weighted by Crippen LogP contribution is 2.26. The van der Waals surface area contributed by atoms with Crippen LogP contribution in [-0.2, 0) is 14.8 Å². The van der Waals surface area contributed by atoms with E-state index in [0.717, 1.165) is 16.9 Å². The van der Waals surface area contributed by atoms with E-state index in [-0.39, 0.29) is 15.4 Å². The standard InChI is InChI=1S/C17H24N4O4S2/c1-6-13(11-7-9-12(25-5)10-8-11)21-27(23,24)16-20-19-15(26-16)18-14(22)17(2,3)4/h7-10,13,21H,6H2,1-5H3,(H,18,19,22). The van der Waals surface area contributed by atoms with Gasteiger partial charge in [-0.25, -0.2) is 13.1 Å². The number of methoxy groups -OCH3 is 1. The number of carbonyl (C=O) groups excluding carboxylic acids is 1. The molecule has 2 rings (SSSR count). The van der Waals surface area contributed by atoms with E-state index >= 15 is 0 Å². The highest BCUT2D eigenvalue weighted by molar-refractivity contribution is 7.91. The lowest BCUT2D eigenvalue weighted by atomic mass is 9.96. The Morgan fingerprint density at radius 2 is 1.85 bits per heavy atom. The van der Waals surface area contributed by atoms with E-state index in [1.807, 2.05) is 19.1 Å². The first-order chi connectivity index (χ1) is 12.6. The summed E-state index contributed by atoms with van der Waals surface area (Å²) in [5.74, 6) is 0.431. The van der Waals surface area contributed by atoms with Gasteiger partial charge in [-0.1, -0.05) is 51.2 Å². The Labute approximate surface area is 163 Å². The number of rotatable bonds is 7.